The molecule has 0 atom stereocenters. The third-order valence-corrected chi connectivity index (χ3v) is 4.04. The van der Waals surface area contributed by atoms with Crippen LogP contribution in [-0.2, 0) is 12.8 Å². The summed E-state index contributed by atoms with van der Waals surface area (Å²) in [7, 11) is 0. The molecule has 1 aliphatic rings. The van der Waals surface area contributed by atoms with E-state index in [1.165, 1.54) is 0 Å². The van der Waals surface area contributed by atoms with Crippen molar-refractivity contribution in [1.29, 1.82) is 0 Å². The summed E-state index contributed by atoms with van der Waals surface area (Å²) in [5, 5.41) is 4.50. The maximum absolute atomic E-state index is 12.1. The molecule has 21 heavy (non-hydrogen) atoms. The average molecular weight is 306 g/mol. The standard InChI is InChI=1S/C15H16ClN3O2/c1-2-13-17-14(18-21-13)15(20)19-8-10(9-19)7-11-5-3-4-6-12(11)16/h3-6,10H,2,7-9H2,1H3. The fraction of sp³-hybridized carbons (Fsp3) is 0.400. The van der Waals surface area contributed by atoms with Gasteiger partial charge in [-0.15, -0.1) is 0 Å². The molecule has 2 aromatic rings. The van der Waals surface area contributed by atoms with E-state index in [4.69, 9.17) is 16.1 Å². The Morgan fingerprint density at radius 3 is 2.86 bits per heavy atom. The van der Waals surface area contributed by atoms with E-state index in [1.807, 2.05) is 31.2 Å². The fourth-order valence-corrected chi connectivity index (χ4v) is 2.68. The molecule has 2 heterocycles. The number of rotatable bonds is 4. The number of likely N-dealkylation sites (tertiary alicyclic amines) is 1. The molecule has 0 N–H and O–H groups in total. The Balaban J connectivity index is 1.56. The van der Waals surface area contributed by atoms with Crippen LogP contribution in [0, 0.1) is 5.92 Å². The summed E-state index contributed by atoms with van der Waals surface area (Å²) in [6.07, 6.45) is 1.52. The lowest BCUT2D eigenvalue weighted by Crippen LogP contribution is -2.51. The van der Waals surface area contributed by atoms with Crippen LogP contribution in [0.4, 0.5) is 0 Å². The molecule has 3 rings (SSSR count). The normalized spacial score (nSPS) is 15.0. The maximum Gasteiger partial charge on any atom is 0.295 e. The van der Waals surface area contributed by atoms with E-state index < -0.39 is 0 Å². The highest BCUT2D eigenvalue weighted by molar-refractivity contribution is 6.31. The molecular weight excluding hydrogens is 290 g/mol. The van der Waals surface area contributed by atoms with Crippen LogP contribution in [0.25, 0.3) is 0 Å². The Kier molecular flexibility index (Phi) is 3.92. The van der Waals surface area contributed by atoms with Gasteiger partial charge in [-0.2, -0.15) is 4.98 Å². The van der Waals surface area contributed by atoms with Crippen LogP contribution in [0.5, 0.6) is 0 Å². The van der Waals surface area contributed by atoms with Crippen LogP contribution < -0.4 is 0 Å². The van der Waals surface area contributed by atoms with Gasteiger partial charge in [-0.25, -0.2) is 0 Å². The zero-order chi connectivity index (χ0) is 14.8. The van der Waals surface area contributed by atoms with Gasteiger partial charge < -0.3 is 9.42 Å². The SMILES string of the molecule is CCc1nc(C(=O)N2CC(Cc3ccccc3Cl)C2)no1. The van der Waals surface area contributed by atoms with Crippen LogP contribution in [0.3, 0.4) is 0 Å². The Hall–Kier alpha value is -1.88. The summed E-state index contributed by atoms with van der Waals surface area (Å²) < 4.78 is 4.97. The summed E-state index contributed by atoms with van der Waals surface area (Å²) in [5.41, 5.74) is 1.13. The molecule has 6 heteroatoms. The number of nitrogens with zero attached hydrogens (tertiary/aromatic N) is 3. The van der Waals surface area contributed by atoms with Gasteiger partial charge >= 0.3 is 0 Å². The minimum absolute atomic E-state index is 0.156. The van der Waals surface area contributed by atoms with Crippen molar-refractivity contribution >= 4 is 17.5 Å². The fourth-order valence-electron chi connectivity index (χ4n) is 2.47. The lowest BCUT2D eigenvalue weighted by molar-refractivity contribution is 0.0485. The van der Waals surface area contributed by atoms with Gasteiger partial charge in [-0.1, -0.05) is 41.9 Å². The van der Waals surface area contributed by atoms with Crippen molar-refractivity contribution in [3.05, 3.63) is 46.6 Å². The van der Waals surface area contributed by atoms with Gasteiger partial charge in [-0.05, 0) is 24.0 Å². The average Bonchev–Trinajstić information content (AvgIpc) is 2.92. The summed E-state index contributed by atoms with van der Waals surface area (Å²) in [4.78, 5) is 17.9. The number of carbonyl (C=O) groups is 1. The summed E-state index contributed by atoms with van der Waals surface area (Å²) in [6, 6.07) is 7.82. The number of carbonyl (C=O) groups excluding carboxylic acids is 1. The minimum Gasteiger partial charge on any atom is -0.339 e. The van der Waals surface area contributed by atoms with Gasteiger partial charge in [0, 0.05) is 24.5 Å². The highest BCUT2D eigenvalue weighted by Crippen LogP contribution is 2.25. The van der Waals surface area contributed by atoms with E-state index in [2.05, 4.69) is 10.1 Å². The molecule has 0 radical (unpaired) electrons. The first-order valence-corrected chi connectivity index (χ1v) is 7.40. The molecule has 0 aliphatic carbocycles. The molecule has 1 aromatic heterocycles. The second kappa shape index (κ2) is 5.85. The largest absolute Gasteiger partial charge is 0.339 e. The molecule has 1 saturated heterocycles. The Bertz CT molecular complexity index is 650. The molecule has 1 fully saturated rings. The first-order valence-electron chi connectivity index (χ1n) is 7.02. The zero-order valence-electron chi connectivity index (χ0n) is 11.8. The Morgan fingerprint density at radius 2 is 2.19 bits per heavy atom. The number of hydrogen-bond acceptors (Lipinski definition) is 4. The third kappa shape index (κ3) is 2.93. The van der Waals surface area contributed by atoms with E-state index in [-0.39, 0.29) is 11.7 Å². The molecule has 1 amide bonds. The maximum atomic E-state index is 12.1. The van der Waals surface area contributed by atoms with Gasteiger partial charge in [-0.3, -0.25) is 4.79 Å². The van der Waals surface area contributed by atoms with Crippen molar-refractivity contribution in [2.75, 3.05) is 13.1 Å². The van der Waals surface area contributed by atoms with Crippen molar-refractivity contribution in [3.8, 4) is 0 Å². The number of amides is 1. The molecule has 0 bridgehead atoms. The van der Waals surface area contributed by atoms with Gasteiger partial charge in [0.15, 0.2) is 0 Å². The molecule has 110 valence electrons. The van der Waals surface area contributed by atoms with Crippen LogP contribution in [0.15, 0.2) is 28.8 Å². The quantitative estimate of drug-likeness (QED) is 0.871. The minimum atomic E-state index is -0.158. The van der Waals surface area contributed by atoms with Crippen LogP contribution in [0.2, 0.25) is 5.02 Å². The second-order valence-electron chi connectivity index (χ2n) is 5.24. The van der Waals surface area contributed by atoms with Crippen molar-refractivity contribution in [1.82, 2.24) is 15.0 Å². The van der Waals surface area contributed by atoms with Crippen LogP contribution >= 0.6 is 11.6 Å². The topological polar surface area (TPSA) is 59.2 Å². The number of hydrogen-bond donors (Lipinski definition) is 0. The Labute approximate surface area is 127 Å². The molecular formula is C15H16ClN3O2. The molecule has 5 nitrogen and oxygen atoms in total. The number of halogens is 1. The zero-order valence-corrected chi connectivity index (χ0v) is 12.5. The number of aryl methyl sites for hydroxylation is 1. The molecule has 0 unspecified atom stereocenters. The number of benzene rings is 1. The molecule has 1 aromatic carbocycles. The van der Waals surface area contributed by atoms with Crippen molar-refractivity contribution in [3.63, 3.8) is 0 Å². The first kappa shape index (κ1) is 14.1. The van der Waals surface area contributed by atoms with Crippen molar-refractivity contribution in [2.24, 2.45) is 5.92 Å². The van der Waals surface area contributed by atoms with Gasteiger partial charge in [0.1, 0.15) is 0 Å². The first-order chi connectivity index (χ1) is 10.2. The van der Waals surface area contributed by atoms with E-state index >= 15 is 0 Å². The van der Waals surface area contributed by atoms with Crippen LogP contribution in [0.1, 0.15) is 29.0 Å². The third-order valence-electron chi connectivity index (χ3n) is 3.67. The van der Waals surface area contributed by atoms with Gasteiger partial charge in [0.2, 0.25) is 5.89 Å². The van der Waals surface area contributed by atoms with E-state index in [0.29, 0.717) is 31.3 Å². The lowest BCUT2D eigenvalue weighted by Gasteiger charge is -2.38. The number of aromatic nitrogens is 2. The molecule has 0 saturated carbocycles. The highest BCUT2D eigenvalue weighted by Gasteiger charge is 2.33. The molecule has 0 spiro atoms. The van der Waals surface area contributed by atoms with Gasteiger partial charge in [0.05, 0.1) is 0 Å². The highest BCUT2D eigenvalue weighted by atomic mass is 35.5. The smallest absolute Gasteiger partial charge is 0.295 e. The van der Waals surface area contributed by atoms with Crippen molar-refractivity contribution < 1.29 is 9.32 Å². The second-order valence-corrected chi connectivity index (χ2v) is 5.64. The molecule has 1 aliphatic heterocycles. The lowest BCUT2D eigenvalue weighted by atomic mass is 9.92. The summed E-state index contributed by atoms with van der Waals surface area (Å²) in [6.45, 7) is 3.32. The summed E-state index contributed by atoms with van der Waals surface area (Å²) >= 11 is 6.15. The van der Waals surface area contributed by atoms with Crippen LogP contribution in [-0.4, -0.2) is 34.0 Å². The van der Waals surface area contributed by atoms with E-state index in [0.717, 1.165) is 17.0 Å². The van der Waals surface area contributed by atoms with E-state index in [1.54, 1.807) is 4.90 Å². The summed E-state index contributed by atoms with van der Waals surface area (Å²) in [5.74, 6) is 0.926. The van der Waals surface area contributed by atoms with Crippen molar-refractivity contribution in [2.45, 2.75) is 19.8 Å². The predicted molar refractivity (Wildman–Crippen MR) is 78.2 cm³/mol. The monoisotopic (exact) mass is 305 g/mol. The predicted octanol–water partition coefficient (Wildman–Crippen LogP) is 2.60. The van der Waals surface area contributed by atoms with E-state index in [9.17, 15) is 4.79 Å². The Morgan fingerprint density at radius 1 is 1.43 bits per heavy atom. The van der Waals surface area contributed by atoms with Gasteiger partial charge in [0.25, 0.3) is 11.7 Å².